The Labute approximate surface area is 228 Å². The molecule has 0 saturated heterocycles. The zero-order valence-corrected chi connectivity index (χ0v) is 22.7. The first-order chi connectivity index (χ1) is 18.9. The number of carbonyl (C=O) groups excluding carboxylic acids is 1. The van der Waals surface area contributed by atoms with Gasteiger partial charge >= 0.3 is 0 Å². The second-order valence-electron chi connectivity index (χ2n) is 11.3. The van der Waals surface area contributed by atoms with Gasteiger partial charge in [-0.2, -0.15) is 5.10 Å². The molecule has 0 aliphatic heterocycles. The number of nitrogens with one attached hydrogen (secondary N) is 1. The van der Waals surface area contributed by atoms with Gasteiger partial charge in [-0.25, -0.2) is 9.67 Å². The van der Waals surface area contributed by atoms with Gasteiger partial charge in [0.05, 0.1) is 28.4 Å². The van der Waals surface area contributed by atoms with Crippen LogP contribution in [-0.2, 0) is 12.8 Å². The number of aromatic nitrogens is 4. The molecule has 0 radical (unpaired) electrons. The molecule has 0 bridgehead atoms. The predicted octanol–water partition coefficient (Wildman–Crippen LogP) is 5.30. The number of hydrogen-bond donors (Lipinski definition) is 3. The number of hydrogen-bond acceptors (Lipinski definition) is 6. The summed E-state index contributed by atoms with van der Waals surface area (Å²) in [5, 5.41) is 19.5. The molecule has 4 N–H and O–H groups in total. The Morgan fingerprint density at radius 1 is 1.08 bits per heavy atom. The van der Waals surface area contributed by atoms with Crippen LogP contribution in [-0.4, -0.2) is 42.9 Å². The number of aliphatic hydroxyl groups is 1. The minimum atomic E-state index is -0.478. The van der Waals surface area contributed by atoms with Crippen LogP contribution < -0.4 is 11.1 Å². The lowest BCUT2D eigenvalue weighted by molar-refractivity contribution is 0.100. The number of benzene rings is 1. The number of rotatable bonds is 6. The molecule has 1 saturated carbocycles. The zero-order valence-electron chi connectivity index (χ0n) is 22.7. The second kappa shape index (κ2) is 10.4. The van der Waals surface area contributed by atoms with Gasteiger partial charge in [-0.1, -0.05) is 13.8 Å². The fourth-order valence-corrected chi connectivity index (χ4v) is 6.07. The number of nitrogens with zero attached hydrogens (tertiary/aromatic N) is 4. The Hall–Kier alpha value is -3.78. The number of amides is 1. The Kier molecular flexibility index (Phi) is 6.81. The van der Waals surface area contributed by atoms with Crippen LogP contribution in [0.5, 0.6) is 0 Å². The predicted molar refractivity (Wildman–Crippen MR) is 153 cm³/mol. The van der Waals surface area contributed by atoms with E-state index in [1.165, 1.54) is 24.1 Å². The summed E-state index contributed by atoms with van der Waals surface area (Å²) in [4.78, 5) is 21.9. The smallest absolute Gasteiger partial charge is 0.250 e. The number of primary amides is 1. The fourth-order valence-electron chi connectivity index (χ4n) is 6.07. The molecule has 1 amide bonds. The highest BCUT2D eigenvalue weighted by molar-refractivity contribution is 5.99. The summed E-state index contributed by atoms with van der Waals surface area (Å²) in [7, 11) is 0. The lowest BCUT2D eigenvalue weighted by Gasteiger charge is -2.27. The van der Waals surface area contributed by atoms with Crippen molar-refractivity contribution >= 4 is 22.6 Å². The fraction of sp³-hybridized carbons (Fsp3) is 0.419. The first kappa shape index (κ1) is 25.5. The van der Waals surface area contributed by atoms with Crippen LogP contribution in [0.1, 0.15) is 85.6 Å². The summed E-state index contributed by atoms with van der Waals surface area (Å²) in [6, 6.07) is 10.1. The number of anilines is 1. The first-order valence-electron chi connectivity index (χ1n) is 14.1. The van der Waals surface area contributed by atoms with Crippen LogP contribution in [0.2, 0.25) is 0 Å². The van der Waals surface area contributed by atoms with Gasteiger partial charge in [0.25, 0.3) is 5.91 Å². The van der Waals surface area contributed by atoms with Crippen molar-refractivity contribution in [2.45, 2.75) is 83.3 Å². The van der Waals surface area contributed by atoms with Crippen molar-refractivity contribution in [2.24, 2.45) is 5.73 Å². The maximum absolute atomic E-state index is 12.3. The molecule has 0 spiro atoms. The lowest BCUT2D eigenvalue weighted by Crippen LogP contribution is -2.29. The Balaban J connectivity index is 1.46. The molecule has 8 heteroatoms. The van der Waals surface area contributed by atoms with Crippen molar-refractivity contribution in [3.05, 3.63) is 65.2 Å². The largest absolute Gasteiger partial charge is 0.393 e. The molecule has 3 heterocycles. The third-order valence-electron chi connectivity index (χ3n) is 8.19. The molecule has 6 rings (SSSR count). The van der Waals surface area contributed by atoms with E-state index in [9.17, 15) is 9.90 Å². The van der Waals surface area contributed by atoms with E-state index >= 15 is 0 Å². The van der Waals surface area contributed by atoms with Gasteiger partial charge in [-0.3, -0.25) is 9.78 Å². The third-order valence-corrected chi connectivity index (χ3v) is 8.19. The Morgan fingerprint density at radius 3 is 2.64 bits per heavy atom. The molecule has 1 aromatic carbocycles. The van der Waals surface area contributed by atoms with Crippen molar-refractivity contribution in [2.75, 3.05) is 5.32 Å². The molecule has 0 unspecified atom stereocenters. The van der Waals surface area contributed by atoms with Crippen LogP contribution in [0.3, 0.4) is 0 Å². The quantitative estimate of drug-likeness (QED) is 0.315. The van der Waals surface area contributed by atoms with E-state index in [2.05, 4.69) is 31.3 Å². The van der Waals surface area contributed by atoms with Gasteiger partial charge in [0.15, 0.2) is 5.65 Å². The molecule has 202 valence electrons. The third kappa shape index (κ3) is 4.89. The molecule has 8 nitrogen and oxygen atoms in total. The standard InChI is InChI=1S/C31H36N6O2/c1-18(2)29-28-24(20-15-19-5-3-4-6-26(19)34-17-20)13-14-33-31(28)37(36-29)22-9-12-25(30(32)39)27(16-22)35-21-7-10-23(38)11-8-21/h9,12-18,21,23,35,38H,3-8,10-11H2,1-2H3,(H2,32,39). The normalized spacial score (nSPS) is 19.3. The summed E-state index contributed by atoms with van der Waals surface area (Å²) >= 11 is 0. The van der Waals surface area contributed by atoms with Crippen molar-refractivity contribution in [3.8, 4) is 16.8 Å². The minimum absolute atomic E-state index is 0.170. The van der Waals surface area contributed by atoms with Crippen molar-refractivity contribution < 1.29 is 9.90 Å². The van der Waals surface area contributed by atoms with Gasteiger partial charge in [0.2, 0.25) is 0 Å². The SMILES string of the molecule is CC(C)c1nn(-c2ccc(C(N)=O)c(NC3CCC(O)CC3)c2)c2nccc(-c3cnc4c(c3)CCCC4)c12. The van der Waals surface area contributed by atoms with E-state index in [0.717, 1.165) is 72.1 Å². The highest BCUT2D eigenvalue weighted by Gasteiger charge is 2.24. The van der Waals surface area contributed by atoms with Crippen LogP contribution >= 0.6 is 0 Å². The average Bonchev–Trinajstić information content (AvgIpc) is 3.34. The van der Waals surface area contributed by atoms with Crippen molar-refractivity contribution in [3.63, 3.8) is 0 Å². The monoisotopic (exact) mass is 524 g/mol. The van der Waals surface area contributed by atoms with Crippen LogP contribution in [0.4, 0.5) is 5.69 Å². The van der Waals surface area contributed by atoms with Gasteiger partial charge in [0.1, 0.15) is 0 Å². The summed E-state index contributed by atoms with van der Waals surface area (Å²) in [6.45, 7) is 4.29. The molecule has 2 aliphatic rings. The van der Waals surface area contributed by atoms with E-state index in [1.807, 2.05) is 29.2 Å². The Bertz CT molecular complexity index is 1530. The summed E-state index contributed by atoms with van der Waals surface area (Å²) in [5.41, 5.74) is 14.2. The molecule has 0 atom stereocenters. The van der Waals surface area contributed by atoms with Crippen molar-refractivity contribution in [1.82, 2.24) is 19.7 Å². The molecule has 39 heavy (non-hydrogen) atoms. The van der Waals surface area contributed by atoms with Crippen LogP contribution in [0.25, 0.3) is 27.8 Å². The van der Waals surface area contributed by atoms with Crippen molar-refractivity contribution in [1.29, 1.82) is 0 Å². The lowest BCUT2D eigenvalue weighted by atomic mass is 9.92. The van der Waals surface area contributed by atoms with Crippen LogP contribution in [0.15, 0.2) is 42.7 Å². The topological polar surface area (TPSA) is 119 Å². The minimum Gasteiger partial charge on any atom is -0.393 e. The van der Waals surface area contributed by atoms with E-state index in [0.29, 0.717) is 11.3 Å². The number of aryl methyl sites for hydroxylation is 2. The molecule has 4 aromatic rings. The summed E-state index contributed by atoms with van der Waals surface area (Å²) in [5.74, 6) is -0.299. The molecular formula is C31H36N6O2. The summed E-state index contributed by atoms with van der Waals surface area (Å²) in [6.07, 6.45) is 11.3. The van der Waals surface area contributed by atoms with E-state index in [4.69, 9.17) is 20.8 Å². The van der Waals surface area contributed by atoms with Gasteiger partial charge in [-0.05, 0) is 98.7 Å². The Morgan fingerprint density at radius 2 is 1.87 bits per heavy atom. The number of aliphatic hydroxyl groups excluding tert-OH is 1. The molecule has 3 aromatic heterocycles. The van der Waals surface area contributed by atoms with Gasteiger partial charge in [-0.15, -0.1) is 0 Å². The average molecular weight is 525 g/mol. The second-order valence-corrected chi connectivity index (χ2v) is 11.3. The molecular weight excluding hydrogens is 488 g/mol. The first-order valence-corrected chi connectivity index (χ1v) is 14.1. The zero-order chi connectivity index (χ0) is 27.1. The maximum atomic E-state index is 12.3. The van der Waals surface area contributed by atoms with E-state index in [-0.39, 0.29) is 18.1 Å². The molecule has 1 fully saturated rings. The number of carbonyl (C=O) groups is 1. The van der Waals surface area contributed by atoms with E-state index in [1.54, 1.807) is 6.07 Å². The number of nitrogens with two attached hydrogens (primary N) is 1. The number of pyridine rings is 2. The number of fused-ring (bicyclic) bond motifs is 2. The van der Waals surface area contributed by atoms with Gasteiger partial charge in [0, 0.05) is 35.4 Å². The summed E-state index contributed by atoms with van der Waals surface area (Å²) < 4.78 is 1.88. The van der Waals surface area contributed by atoms with Crippen LogP contribution in [0, 0.1) is 0 Å². The highest BCUT2D eigenvalue weighted by Crippen LogP contribution is 2.36. The van der Waals surface area contributed by atoms with Gasteiger partial charge < -0.3 is 16.2 Å². The molecule has 2 aliphatic carbocycles. The van der Waals surface area contributed by atoms with E-state index < -0.39 is 5.91 Å². The highest BCUT2D eigenvalue weighted by atomic mass is 16.3. The maximum Gasteiger partial charge on any atom is 0.250 e.